The van der Waals surface area contributed by atoms with Crippen LogP contribution in [0.2, 0.25) is 0 Å². The number of hydrogen-bond donors (Lipinski definition) is 0. The predicted molar refractivity (Wildman–Crippen MR) is 202 cm³/mol. The Morgan fingerprint density at radius 3 is 1.81 bits per heavy atom. The van der Waals surface area contributed by atoms with E-state index in [0.717, 1.165) is 24.2 Å². The molecule has 0 radical (unpaired) electrons. The van der Waals surface area contributed by atoms with E-state index < -0.39 is 0 Å². The van der Waals surface area contributed by atoms with Gasteiger partial charge in [-0.25, -0.2) is 0 Å². The molecule has 0 saturated heterocycles. The number of fused-ring (bicyclic) bond motifs is 6. The lowest BCUT2D eigenvalue weighted by Gasteiger charge is -2.30. The Kier molecular flexibility index (Phi) is 6.74. The molecule has 1 aliphatic rings. The fraction of sp³-hybridized carbons (Fsp3) is 0.227. The van der Waals surface area contributed by atoms with Crippen molar-refractivity contribution >= 4 is 55.8 Å². The monoisotopic (exact) mass is 613 g/mol. The lowest BCUT2D eigenvalue weighted by atomic mass is 9.79. The van der Waals surface area contributed by atoms with E-state index in [2.05, 4.69) is 183 Å². The van der Waals surface area contributed by atoms with E-state index in [-0.39, 0.29) is 11.0 Å². The molecule has 2 aromatic heterocycles. The van der Waals surface area contributed by atoms with Gasteiger partial charge >= 0.3 is 0 Å². The molecule has 0 unspecified atom stereocenters. The molecule has 0 atom stereocenters. The standard InChI is InChI=1S/C44H43N3/c1-43(2,3)30-21-24-41-36(27-30)38-29-34(23-26-42(38)47(41)44(4,5)6)45(31-15-9-7-10-16-31)33-22-25-40-37(28-33)35-19-13-14-20-39(35)46(40)32-17-11-8-12-18-32/h7-20,22-23,25-29H,21,24H2,1-6H3. The maximum absolute atomic E-state index is 2.59. The van der Waals surface area contributed by atoms with Crippen molar-refractivity contribution in [2.24, 2.45) is 5.41 Å². The summed E-state index contributed by atoms with van der Waals surface area (Å²) in [6, 6.07) is 44.3. The first kappa shape index (κ1) is 29.4. The summed E-state index contributed by atoms with van der Waals surface area (Å²) in [5, 5.41) is 3.84. The lowest BCUT2D eigenvalue weighted by Crippen LogP contribution is -2.25. The molecule has 0 fully saturated rings. The second-order valence-electron chi connectivity index (χ2n) is 15.0. The fourth-order valence-corrected chi connectivity index (χ4v) is 7.74. The Morgan fingerprint density at radius 1 is 0.532 bits per heavy atom. The van der Waals surface area contributed by atoms with E-state index in [1.54, 1.807) is 0 Å². The summed E-state index contributed by atoms with van der Waals surface area (Å²) in [6.07, 6.45) is 4.69. The minimum Gasteiger partial charge on any atom is -0.339 e. The highest BCUT2D eigenvalue weighted by Gasteiger charge is 2.29. The molecule has 0 aliphatic heterocycles. The maximum atomic E-state index is 2.59. The smallest absolute Gasteiger partial charge is 0.0542 e. The Morgan fingerprint density at radius 2 is 1.13 bits per heavy atom. The van der Waals surface area contributed by atoms with Gasteiger partial charge in [0, 0.05) is 61.2 Å². The van der Waals surface area contributed by atoms with Gasteiger partial charge in [-0.05, 0) is 106 Å². The molecule has 3 heteroatoms. The molecule has 7 aromatic rings. The zero-order valence-electron chi connectivity index (χ0n) is 28.4. The lowest BCUT2D eigenvalue weighted by molar-refractivity contribution is 0.394. The molecule has 0 N–H and O–H groups in total. The van der Waals surface area contributed by atoms with Crippen LogP contribution in [0.25, 0.3) is 44.5 Å². The van der Waals surface area contributed by atoms with Crippen molar-refractivity contribution in [2.75, 3.05) is 4.90 Å². The molecular weight excluding hydrogens is 571 g/mol. The van der Waals surface area contributed by atoms with Crippen LogP contribution < -0.4 is 4.90 Å². The van der Waals surface area contributed by atoms with Gasteiger partial charge in [-0.15, -0.1) is 0 Å². The van der Waals surface area contributed by atoms with Gasteiger partial charge in [0.05, 0.1) is 11.0 Å². The number of benzene rings is 5. The average molecular weight is 614 g/mol. The van der Waals surface area contributed by atoms with Crippen LogP contribution in [0, 0.1) is 5.41 Å². The minimum absolute atomic E-state index is 0.0163. The first-order valence-electron chi connectivity index (χ1n) is 16.9. The Hall–Kier alpha value is -5.02. The quantitative estimate of drug-likeness (QED) is 0.192. The van der Waals surface area contributed by atoms with E-state index in [4.69, 9.17) is 0 Å². The molecule has 5 aromatic carbocycles. The number of allylic oxidation sites excluding steroid dienone is 1. The van der Waals surface area contributed by atoms with Crippen LogP contribution in [0.1, 0.15) is 59.2 Å². The maximum Gasteiger partial charge on any atom is 0.0542 e. The van der Waals surface area contributed by atoms with Gasteiger partial charge in [0.1, 0.15) is 0 Å². The molecule has 234 valence electrons. The first-order valence-corrected chi connectivity index (χ1v) is 16.9. The van der Waals surface area contributed by atoms with Crippen LogP contribution in [0.4, 0.5) is 17.1 Å². The molecule has 0 saturated carbocycles. The van der Waals surface area contributed by atoms with E-state index in [0.29, 0.717) is 0 Å². The Bertz CT molecular complexity index is 2300. The molecule has 8 rings (SSSR count). The summed E-state index contributed by atoms with van der Waals surface area (Å²) in [7, 11) is 0. The molecular formula is C44H43N3. The number of hydrogen-bond acceptors (Lipinski definition) is 1. The first-order chi connectivity index (χ1) is 22.6. The largest absolute Gasteiger partial charge is 0.339 e. The number of anilines is 3. The van der Waals surface area contributed by atoms with Gasteiger partial charge in [0.2, 0.25) is 0 Å². The van der Waals surface area contributed by atoms with Gasteiger partial charge in [0.15, 0.2) is 0 Å². The third-order valence-electron chi connectivity index (χ3n) is 9.88. The van der Waals surface area contributed by atoms with E-state index in [9.17, 15) is 0 Å². The molecule has 1 aliphatic carbocycles. The molecule has 47 heavy (non-hydrogen) atoms. The van der Waals surface area contributed by atoms with Crippen molar-refractivity contribution in [1.82, 2.24) is 9.13 Å². The van der Waals surface area contributed by atoms with Crippen LogP contribution >= 0.6 is 0 Å². The van der Waals surface area contributed by atoms with Crippen molar-refractivity contribution in [3.05, 3.63) is 138 Å². The third-order valence-corrected chi connectivity index (χ3v) is 9.88. The highest BCUT2D eigenvalue weighted by molar-refractivity contribution is 6.10. The fourth-order valence-electron chi connectivity index (χ4n) is 7.74. The van der Waals surface area contributed by atoms with E-state index in [1.165, 1.54) is 60.9 Å². The number of nitrogens with zero attached hydrogens (tertiary/aromatic N) is 3. The molecule has 2 heterocycles. The molecule has 0 bridgehead atoms. The summed E-state index contributed by atoms with van der Waals surface area (Å²) < 4.78 is 4.97. The molecule has 0 amide bonds. The van der Waals surface area contributed by atoms with Crippen LogP contribution in [-0.2, 0) is 12.0 Å². The van der Waals surface area contributed by atoms with Gasteiger partial charge in [0.25, 0.3) is 0 Å². The zero-order valence-corrected chi connectivity index (χ0v) is 28.4. The Labute approximate surface area is 278 Å². The van der Waals surface area contributed by atoms with Crippen LogP contribution in [0.3, 0.4) is 0 Å². The van der Waals surface area contributed by atoms with Crippen LogP contribution in [-0.4, -0.2) is 9.13 Å². The van der Waals surface area contributed by atoms with Gasteiger partial charge in [-0.1, -0.05) is 87.0 Å². The number of aromatic nitrogens is 2. The number of rotatable bonds is 4. The summed E-state index contributed by atoms with van der Waals surface area (Å²) in [4.78, 5) is 2.42. The van der Waals surface area contributed by atoms with Gasteiger partial charge < -0.3 is 14.0 Å². The summed E-state index contributed by atoms with van der Waals surface area (Å²) in [5.74, 6) is 0. The van der Waals surface area contributed by atoms with Gasteiger partial charge in [-0.2, -0.15) is 0 Å². The van der Waals surface area contributed by atoms with Crippen molar-refractivity contribution in [2.45, 2.75) is 59.9 Å². The van der Waals surface area contributed by atoms with Crippen molar-refractivity contribution in [1.29, 1.82) is 0 Å². The SMILES string of the molecule is CC(C)(C)C1=Cc2c(n(C(C)(C)C)c3ccc(N(c4ccccc4)c4ccc5c(c4)c4ccccc4n5-c4ccccc4)cc23)CC1. The topological polar surface area (TPSA) is 13.1 Å². The molecule has 3 nitrogen and oxygen atoms in total. The van der Waals surface area contributed by atoms with Crippen LogP contribution in [0.15, 0.2) is 127 Å². The van der Waals surface area contributed by atoms with Crippen molar-refractivity contribution in [3.8, 4) is 5.69 Å². The van der Waals surface area contributed by atoms with Gasteiger partial charge in [-0.3, -0.25) is 0 Å². The molecule has 0 spiro atoms. The highest BCUT2D eigenvalue weighted by Crippen LogP contribution is 2.45. The normalized spacial score (nSPS) is 13.7. The predicted octanol–water partition coefficient (Wildman–Crippen LogP) is 12.3. The Balaban J connectivity index is 1.37. The average Bonchev–Trinajstić information content (AvgIpc) is 3.58. The summed E-state index contributed by atoms with van der Waals surface area (Å²) >= 11 is 0. The second kappa shape index (κ2) is 10.8. The van der Waals surface area contributed by atoms with Crippen LogP contribution in [0.5, 0.6) is 0 Å². The van der Waals surface area contributed by atoms with Crippen molar-refractivity contribution < 1.29 is 0 Å². The second-order valence-corrected chi connectivity index (χ2v) is 15.0. The minimum atomic E-state index is -0.0163. The van der Waals surface area contributed by atoms with Crippen molar-refractivity contribution in [3.63, 3.8) is 0 Å². The zero-order chi connectivity index (χ0) is 32.5. The number of para-hydroxylation sites is 3. The van der Waals surface area contributed by atoms with E-state index in [1.807, 2.05) is 0 Å². The van der Waals surface area contributed by atoms with E-state index >= 15 is 0 Å². The summed E-state index contributed by atoms with van der Waals surface area (Å²) in [5.41, 5.74) is 12.9. The highest BCUT2D eigenvalue weighted by atomic mass is 15.1. The summed E-state index contributed by atoms with van der Waals surface area (Å²) in [6.45, 7) is 14.0. The third kappa shape index (κ3) is 4.88.